The molecule has 0 aliphatic carbocycles. The highest BCUT2D eigenvalue weighted by atomic mass is 127. The van der Waals surface area contributed by atoms with Crippen molar-refractivity contribution in [2.45, 2.75) is 12.8 Å². The van der Waals surface area contributed by atoms with Crippen LogP contribution < -0.4 is 9.62 Å². The van der Waals surface area contributed by atoms with Gasteiger partial charge in [0.2, 0.25) is 15.9 Å². The van der Waals surface area contributed by atoms with Gasteiger partial charge in [0, 0.05) is 39.1 Å². The predicted octanol–water partition coefficient (Wildman–Crippen LogP) is 5.38. The number of carbonyl (C=O) groups excluding carboxylic acids is 1. The lowest BCUT2D eigenvalue weighted by atomic mass is 10.1. The van der Waals surface area contributed by atoms with E-state index in [2.05, 4.69) is 27.9 Å². The molecule has 4 rings (SSSR count). The molecule has 0 fully saturated rings. The number of benzene rings is 3. The van der Waals surface area contributed by atoms with Crippen molar-refractivity contribution in [1.82, 2.24) is 0 Å². The topological polar surface area (TPSA) is 79.6 Å². The standard InChI is InChI=1S/C23H21IN2O4S/c1-31(28,29)26(18-11-8-16(24)9-12-18)14-4-7-23(27)25-17-10-13-20-19-5-2-3-6-21(19)30-22(20)15-17/h2-3,5-6,8-13,15H,4,7,14H2,1H3,(H,25,27). The van der Waals surface area contributed by atoms with Crippen LogP contribution in [0.25, 0.3) is 21.9 Å². The third kappa shape index (κ3) is 5.01. The highest BCUT2D eigenvalue weighted by Crippen LogP contribution is 2.30. The summed E-state index contributed by atoms with van der Waals surface area (Å²) >= 11 is 2.17. The number of carbonyl (C=O) groups is 1. The van der Waals surface area contributed by atoms with E-state index in [4.69, 9.17) is 4.42 Å². The SMILES string of the molecule is CS(=O)(=O)N(CCCC(=O)Nc1ccc2c(c1)oc1ccccc12)c1ccc(I)cc1. The zero-order valence-electron chi connectivity index (χ0n) is 16.8. The number of hydrogen-bond donors (Lipinski definition) is 1. The summed E-state index contributed by atoms with van der Waals surface area (Å²) in [6, 6.07) is 20.6. The van der Waals surface area contributed by atoms with Crippen molar-refractivity contribution in [3.63, 3.8) is 0 Å². The molecule has 6 nitrogen and oxygen atoms in total. The molecule has 1 aromatic heterocycles. The Balaban J connectivity index is 1.40. The van der Waals surface area contributed by atoms with E-state index in [0.717, 1.165) is 19.9 Å². The summed E-state index contributed by atoms with van der Waals surface area (Å²) in [5.41, 5.74) is 2.76. The number of sulfonamides is 1. The molecule has 0 bridgehead atoms. The molecule has 0 aliphatic rings. The van der Waals surface area contributed by atoms with Crippen LogP contribution in [0.4, 0.5) is 11.4 Å². The molecule has 8 heteroatoms. The normalized spacial score (nSPS) is 11.7. The molecular formula is C23H21IN2O4S. The monoisotopic (exact) mass is 548 g/mol. The lowest BCUT2D eigenvalue weighted by molar-refractivity contribution is -0.116. The second-order valence-corrected chi connectivity index (χ2v) is 10.4. The Labute approximate surface area is 194 Å². The molecule has 3 aromatic carbocycles. The summed E-state index contributed by atoms with van der Waals surface area (Å²) in [4.78, 5) is 12.4. The molecule has 0 aliphatic heterocycles. The van der Waals surface area contributed by atoms with Crippen LogP contribution in [0.2, 0.25) is 0 Å². The Morgan fingerprint density at radius 1 is 1.00 bits per heavy atom. The summed E-state index contributed by atoms with van der Waals surface area (Å²) in [5, 5.41) is 4.90. The van der Waals surface area contributed by atoms with E-state index in [9.17, 15) is 13.2 Å². The van der Waals surface area contributed by atoms with Crippen molar-refractivity contribution < 1.29 is 17.6 Å². The third-order valence-electron chi connectivity index (χ3n) is 4.94. The van der Waals surface area contributed by atoms with Crippen molar-refractivity contribution in [2.24, 2.45) is 0 Å². The smallest absolute Gasteiger partial charge is 0.232 e. The lowest BCUT2D eigenvalue weighted by Crippen LogP contribution is -2.31. The number of para-hydroxylation sites is 1. The number of nitrogens with zero attached hydrogens (tertiary/aromatic N) is 1. The van der Waals surface area contributed by atoms with Crippen molar-refractivity contribution in [2.75, 3.05) is 22.4 Å². The summed E-state index contributed by atoms with van der Waals surface area (Å²) in [5.74, 6) is -0.175. The van der Waals surface area contributed by atoms with Gasteiger partial charge in [-0.2, -0.15) is 0 Å². The number of fused-ring (bicyclic) bond motifs is 3. The molecule has 0 unspecified atom stereocenters. The van der Waals surface area contributed by atoms with Crippen LogP contribution in [0.15, 0.2) is 71.1 Å². The Morgan fingerprint density at radius 2 is 1.71 bits per heavy atom. The van der Waals surface area contributed by atoms with Crippen LogP contribution >= 0.6 is 22.6 Å². The number of furan rings is 1. The minimum Gasteiger partial charge on any atom is -0.456 e. The van der Waals surface area contributed by atoms with E-state index >= 15 is 0 Å². The molecule has 0 atom stereocenters. The maximum atomic E-state index is 12.4. The quantitative estimate of drug-likeness (QED) is 0.315. The molecule has 1 heterocycles. The second kappa shape index (κ2) is 8.88. The van der Waals surface area contributed by atoms with Gasteiger partial charge in [0.05, 0.1) is 11.9 Å². The first-order valence-corrected chi connectivity index (χ1v) is 12.7. The average molecular weight is 548 g/mol. The average Bonchev–Trinajstić information content (AvgIpc) is 3.09. The first-order valence-electron chi connectivity index (χ1n) is 9.76. The van der Waals surface area contributed by atoms with Crippen LogP contribution in [-0.2, 0) is 14.8 Å². The number of hydrogen-bond acceptors (Lipinski definition) is 4. The van der Waals surface area contributed by atoms with Crippen LogP contribution in [-0.4, -0.2) is 27.1 Å². The number of amides is 1. The van der Waals surface area contributed by atoms with E-state index in [1.807, 2.05) is 54.6 Å². The number of rotatable bonds is 7. The maximum absolute atomic E-state index is 12.4. The van der Waals surface area contributed by atoms with E-state index in [0.29, 0.717) is 23.4 Å². The van der Waals surface area contributed by atoms with Crippen molar-refractivity contribution >= 4 is 71.8 Å². The van der Waals surface area contributed by atoms with Gasteiger partial charge in [0.15, 0.2) is 0 Å². The van der Waals surface area contributed by atoms with Gasteiger partial charge in [-0.1, -0.05) is 18.2 Å². The van der Waals surface area contributed by atoms with Gasteiger partial charge in [-0.25, -0.2) is 8.42 Å². The molecule has 1 N–H and O–H groups in total. The lowest BCUT2D eigenvalue weighted by Gasteiger charge is -2.22. The van der Waals surface area contributed by atoms with E-state index < -0.39 is 10.0 Å². The van der Waals surface area contributed by atoms with Crippen molar-refractivity contribution in [3.05, 3.63) is 70.3 Å². The van der Waals surface area contributed by atoms with Gasteiger partial charge in [-0.3, -0.25) is 9.10 Å². The fraction of sp³-hybridized carbons (Fsp3) is 0.174. The zero-order valence-corrected chi connectivity index (χ0v) is 19.8. The number of anilines is 2. The second-order valence-electron chi connectivity index (χ2n) is 7.27. The van der Waals surface area contributed by atoms with E-state index in [-0.39, 0.29) is 18.9 Å². The molecule has 0 saturated heterocycles. The van der Waals surface area contributed by atoms with E-state index in [1.165, 1.54) is 10.6 Å². The Bertz CT molecular complexity index is 1350. The van der Waals surface area contributed by atoms with Crippen molar-refractivity contribution in [3.8, 4) is 0 Å². The van der Waals surface area contributed by atoms with Gasteiger partial charge < -0.3 is 9.73 Å². The number of nitrogens with one attached hydrogen (secondary N) is 1. The molecule has 160 valence electrons. The van der Waals surface area contributed by atoms with Crippen LogP contribution in [0.5, 0.6) is 0 Å². The van der Waals surface area contributed by atoms with Crippen LogP contribution in [0.3, 0.4) is 0 Å². The van der Waals surface area contributed by atoms with Crippen LogP contribution in [0, 0.1) is 3.57 Å². The molecule has 1 amide bonds. The largest absolute Gasteiger partial charge is 0.456 e. The van der Waals surface area contributed by atoms with Gasteiger partial charge in [0.25, 0.3) is 0 Å². The van der Waals surface area contributed by atoms with Gasteiger partial charge in [0.1, 0.15) is 11.2 Å². The van der Waals surface area contributed by atoms with Crippen molar-refractivity contribution in [1.29, 1.82) is 0 Å². The molecule has 0 radical (unpaired) electrons. The van der Waals surface area contributed by atoms with Crippen LogP contribution in [0.1, 0.15) is 12.8 Å². The first-order chi connectivity index (χ1) is 14.8. The highest BCUT2D eigenvalue weighted by Gasteiger charge is 2.17. The Morgan fingerprint density at radius 3 is 2.45 bits per heavy atom. The zero-order chi connectivity index (χ0) is 22.0. The van der Waals surface area contributed by atoms with Gasteiger partial charge in [-0.05, 0) is 71.5 Å². The molecule has 4 aromatic rings. The van der Waals surface area contributed by atoms with Gasteiger partial charge >= 0.3 is 0 Å². The summed E-state index contributed by atoms with van der Waals surface area (Å²) in [6.45, 7) is 0.232. The minimum atomic E-state index is -3.44. The molecule has 0 saturated carbocycles. The third-order valence-corrected chi connectivity index (χ3v) is 6.86. The number of halogens is 1. The first kappa shape index (κ1) is 21.6. The fourth-order valence-electron chi connectivity index (χ4n) is 3.50. The predicted molar refractivity (Wildman–Crippen MR) is 133 cm³/mol. The Hall–Kier alpha value is -2.59. The van der Waals surface area contributed by atoms with Gasteiger partial charge in [-0.15, -0.1) is 0 Å². The summed E-state index contributed by atoms with van der Waals surface area (Å²) in [7, 11) is -3.44. The van der Waals surface area contributed by atoms with E-state index in [1.54, 1.807) is 12.1 Å². The fourth-order valence-corrected chi connectivity index (χ4v) is 4.83. The maximum Gasteiger partial charge on any atom is 0.232 e. The Kier molecular flexibility index (Phi) is 6.19. The summed E-state index contributed by atoms with van der Waals surface area (Å²) in [6.07, 6.45) is 1.78. The molecular weight excluding hydrogens is 527 g/mol. The molecule has 0 spiro atoms. The molecule has 31 heavy (non-hydrogen) atoms. The summed E-state index contributed by atoms with van der Waals surface area (Å²) < 4.78 is 32.6. The minimum absolute atomic E-state index is 0.175. The highest BCUT2D eigenvalue weighted by molar-refractivity contribution is 14.1.